The fourth-order valence-corrected chi connectivity index (χ4v) is 3.02. The molecule has 118 valence electrons. The maximum Gasteiger partial charge on any atom is 0.135 e. The molecule has 0 radical (unpaired) electrons. The largest absolute Gasteiger partial charge is 0.352 e. The maximum atomic E-state index is 4.82. The molecule has 1 aliphatic heterocycles. The zero-order chi connectivity index (χ0) is 15.7. The Kier molecular flexibility index (Phi) is 3.89. The van der Waals surface area contributed by atoms with Crippen LogP contribution in [0, 0.1) is 6.92 Å². The van der Waals surface area contributed by atoms with Crippen LogP contribution in [0.5, 0.6) is 0 Å². The van der Waals surface area contributed by atoms with E-state index >= 15 is 0 Å². The molecule has 3 rings (SSSR count). The van der Waals surface area contributed by atoms with E-state index in [1.54, 1.807) is 0 Å². The molecule has 0 N–H and O–H groups in total. The van der Waals surface area contributed by atoms with Gasteiger partial charge in [-0.25, -0.2) is 15.0 Å². The zero-order valence-electron chi connectivity index (χ0n) is 14.0. The molecule has 1 atom stereocenters. The highest BCUT2D eigenvalue weighted by atomic mass is 15.3. The minimum atomic E-state index is -0.0217. The molecule has 22 heavy (non-hydrogen) atoms. The number of nitrogens with zero attached hydrogens (tertiary/aromatic N) is 5. The highest BCUT2D eigenvalue weighted by molar-refractivity contribution is 5.40. The summed E-state index contributed by atoms with van der Waals surface area (Å²) in [7, 11) is 0. The van der Waals surface area contributed by atoms with E-state index in [0.717, 1.165) is 30.6 Å². The Hall–Kier alpha value is -1.91. The lowest BCUT2D eigenvalue weighted by Gasteiger charge is -2.27. The van der Waals surface area contributed by atoms with E-state index in [-0.39, 0.29) is 5.41 Å². The zero-order valence-corrected chi connectivity index (χ0v) is 14.0. The quantitative estimate of drug-likeness (QED) is 0.874. The van der Waals surface area contributed by atoms with Gasteiger partial charge in [-0.15, -0.1) is 0 Å². The average molecular weight is 299 g/mol. The molecule has 0 bridgehead atoms. The van der Waals surface area contributed by atoms with Gasteiger partial charge in [-0.05, 0) is 25.8 Å². The van der Waals surface area contributed by atoms with Gasteiger partial charge >= 0.3 is 0 Å². The monoisotopic (exact) mass is 299 g/mol. The van der Waals surface area contributed by atoms with Crippen LogP contribution in [0.2, 0.25) is 0 Å². The Balaban J connectivity index is 1.83. The standard InChI is InChI=1S/C17H25N5/c1-13-18-9-11-21(13)12-14-6-5-10-22(14)15-7-8-19-16(20-15)17(2,3)4/h7-9,11,14H,5-6,10,12H2,1-4H3/t14-/m0/s1. The van der Waals surface area contributed by atoms with Crippen LogP contribution >= 0.6 is 0 Å². The Morgan fingerprint density at radius 3 is 2.73 bits per heavy atom. The van der Waals surface area contributed by atoms with Gasteiger partial charge in [-0.2, -0.15) is 0 Å². The number of anilines is 1. The van der Waals surface area contributed by atoms with Crippen LogP contribution in [0.25, 0.3) is 0 Å². The fraction of sp³-hybridized carbons (Fsp3) is 0.588. The summed E-state index contributed by atoms with van der Waals surface area (Å²) in [5.74, 6) is 3.04. The van der Waals surface area contributed by atoms with Gasteiger partial charge in [-0.3, -0.25) is 0 Å². The van der Waals surface area contributed by atoms with Crippen LogP contribution in [0.4, 0.5) is 5.82 Å². The van der Waals surface area contributed by atoms with Crippen molar-refractivity contribution in [1.82, 2.24) is 19.5 Å². The van der Waals surface area contributed by atoms with Crippen LogP contribution in [0.3, 0.4) is 0 Å². The summed E-state index contributed by atoms with van der Waals surface area (Å²) >= 11 is 0. The molecule has 1 aliphatic rings. The Morgan fingerprint density at radius 2 is 2.05 bits per heavy atom. The first-order valence-electron chi connectivity index (χ1n) is 8.03. The van der Waals surface area contributed by atoms with Crippen molar-refractivity contribution in [2.75, 3.05) is 11.4 Å². The first-order valence-corrected chi connectivity index (χ1v) is 8.03. The van der Waals surface area contributed by atoms with Crippen molar-refractivity contribution in [3.63, 3.8) is 0 Å². The highest BCUT2D eigenvalue weighted by Gasteiger charge is 2.27. The summed E-state index contributed by atoms with van der Waals surface area (Å²) in [6, 6.07) is 2.52. The molecule has 3 heterocycles. The second-order valence-corrected chi connectivity index (χ2v) is 7.10. The third kappa shape index (κ3) is 2.98. The molecule has 0 aliphatic carbocycles. The molecule has 0 unspecified atom stereocenters. The smallest absolute Gasteiger partial charge is 0.135 e. The van der Waals surface area contributed by atoms with Gasteiger partial charge in [0.1, 0.15) is 17.5 Å². The molecule has 2 aromatic heterocycles. The van der Waals surface area contributed by atoms with Crippen molar-refractivity contribution in [1.29, 1.82) is 0 Å². The second kappa shape index (κ2) is 5.71. The van der Waals surface area contributed by atoms with E-state index in [0.29, 0.717) is 6.04 Å². The normalized spacial score (nSPS) is 18.9. The third-order valence-corrected chi connectivity index (χ3v) is 4.31. The van der Waals surface area contributed by atoms with Gasteiger partial charge in [0, 0.05) is 43.1 Å². The molecule has 1 fully saturated rings. The third-order valence-electron chi connectivity index (χ3n) is 4.31. The van der Waals surface area contributed by atoms with E-state index in [9.17, 15) is 0 Å². The van der Waals surface area contributed by atoms with Crippen LogP contribution in [-0.4, -0.2) is 32.1 Å². The van der Waals surface area contributed by atoms with Gasteiger partial charge in [-0.1, -0.05) is 20.8 Å². The molecule has 5 nitrogen and oxygen atoms in total. The molecular weight excluding hydrogens is 274 g/mol. The molecular formula is C17H25N5. The molecule has 0 amide bonds. The topological polar surface area (TPSA) is 46.8 Å². The van der Waals surface area contributed by atoms with Crippen LogP contribution in [0.15, 0.2) is 24.7 Å². The average Bonchev–Trinajstić information content (AvgIpc) is 3.09. The van der Waals surface area contributed by atoms with Gasteiger partial charge in [0.2, 0.25) is 0 Å². The molecule has 1 saturated heterocycles. The summed E-state index contributed by atoms with van der Waals surface area (Å²) in [4.78, 5) is 16.0. The van der Waals surface area contributed by atoms with Crippen molar-refractivity contribution in [2.45, 2.75) is 58.5 Å². The lowest BCUT2D eigenvalue weighted by molar-refractivity contribution is 0.526. The highest BCUT2D eigenvalue weighted by Crippen LogP contribution is 2.27. The first kappa shape index (κ1) is 15.0. The molecule has 2 aromatic rings. The lowest BCUT2D eigenvalue weighted by Crippen LogP contribution is -2.34. The number of aryl methyl sites for hydroxylation is 1. The molecule has 5 heteroatoms. The minimum Gasteiger partial charge on any atom is -0.352 e. The second-order valence-electron chi connectivity index (χ2n) is 7.10. The number of aromatic nitrogens is 4. The van der Waals surface area contributed by atoms with Crippen molar-refractivity contribution >= 4 is 5.82 Å². The van der Waals surface area contributed by atoms with Gasteiger partial charge in [0.05, 0.1) is 0 Å². The maximum absolute atomic E-state index is 4.82. The van der Waals surface area contributed by atoms with Crippen molar-refractivity contribution in [2.24, 2.45) is 0 Å². The summed E-state index contributed by atoms with van der Waals surface area (Å²) in [6.45, 7) is 10.6. The van der Waals surface area contributed by atoms with Crippen LogP contribution in [0.1, 0.15) is 45.3 Å². The number of hydrogen-bond acceptors (Lipinski definition) is 4. The molecule has 0 spiro atoms. The predicted octanol–water partition coefficient (Wildman–Crippen LogP) is 2.95. The van der Waals surface area contributed by atoms with Gasteiger partial charge in [0.25, 0.3) is 0 Å². The summed E-state index contributed by atoms with van der Waals surface area (Å²) in [6.07, 6.45) is 8.24. The van der Waals surface area contributed by atoms with E-state index in [4.69, 9.17) is 4.98 Å². The van der Waals surface area contributed by atoms with E-state index in [1.165, 1.54) is 12.8 Å². The summed E-state index contributed by atoms with van der Waals surface area (Å²) < 4.78 is 2.23. The first-order chi connectivity index (χ1) is 10.4. The molecule has 0 saturated carbocycles. The Morgan fingerprint density at radius 1 is 1.23 bits per heavy atom. The van der Waals surface area contributed by atoms with Gasteiger partial charge < -0.3 is 9.47 Å². The van der Waals surface area contributed by atoms with E-state index < -0.39 is 0 Å². The van der Waals surface area contributed by atoms with E-state index in [1.807, 2.05) is 18.5 Å². The lowest BCUT2D eigenvalue weighted by atomic mass is 9.96. The van der Waals surface area contributed by atoms with Crippen LogP contribution < -0.4 is 4.90 Å². The van der Waals surface area contributed by atoms with Crippen molar-refractivity contribution in [3.8, 4) is 0 Å². The molecule has 0 aromatic carbocycles. The van der Waals surface area contributed by atoms with Gasteiger partial charge in [0.15, 0.2) is 0 Å². The van der Waals surface area contributed by atoms with Crippen LogP contribution in [-0.2, 0) is 12.0 Å². The van der Waals surface area contributed by atoms with Crippen molar-refractivity contribution < 1.29 is 0 Å². The fourth-order valence-electron chi connectivity index (χ4n) is 3.02. The van der Waals surface area contributed by atoms with Crippen molar-refractivity contribution in [3.05, 3.63) is 36.3 Å². The summed E-state index contributed by atoms with van der Waals surface area (Å²) in [5.41, 5.74) is -0.0217. The Labute approximate surface area is 132 Å². The SMILES string of the molecule is Cc1nccn1C[C@@H]1CCCN1c1ccnc(C(C)(C)C)n1. The van der Waals surface area contributed by atoms with E-state index in [2.05, 4.69) is 53.3 Å². The Bertz CT molecular complexity index is 640. The predicted molar refractivity (Wildman–Crippen MR) is 88.1 cm³/mol. The number of imidazole rings is 1. The number of rotatable bonds is 3. The number of hydrogen-bond donors (Lipinski definition) is 0. The summed E-state index contributed by atoms with van der Waals surface area (Å²) in [5, 5.41) is 0. The minimum absolute atomic E-state index is 0.0217.